The van der Waals surface area contributed by atoms with Crippen LogP contribution in [0.3, 0.4) is 0 Å². The monoisotopic (exact) mass is 352 g/mol. The molecule has 0 saturated carbocycles. The predicted octanol–water partition coefficient (Wildman–Crippen LogP) is 1.25. The van der Waals surface area contributed by atoms with Gasteiger partial charge in [0.05, 0.1) is 5.25 Å². The summed E-state index contributed by atoms with van der Waals surface area (Å²) < 4.78 is 47.8. The molecule has 120 valence electrons. The van der Waals surface area contributed by atoms with E-state index >= 15 is 0 Å². The van der Waals surface area contributed by atoms with E-state index < -0.39 is 25.1 Å². The van der Waals surface area contributed by atoms with Crippen molar-refractivity contribution in [2.45, 2.75) is 46.9 Å². The molecule has 1 aliphatic heterocycles. The molecule has 21 heavy (non-hydrogen) atoms. The largest absolute Gasteiger partial charge is 0.310 e. The van der Waals surface area contributed by atoms with Gasteiger partial charge in [0.1, 0.15) is 8.42 Å². The van der Waals surface area contributed by atoms with Crippen molar-refractivity contribution in [1.82, 2.24) is 5.32 Å². The standard InChI is InChI=1S/C12H20N2O4S3/c1-7(2)6-14-10-4-8(3)20(15,16)12-9(10)5-11(19-12)21(13,17)18/h5,7-8,10,14H,4,6H2,1-3H3,(H2,13,17,18). The lowest BCUT2D eigenvalue weighted by molar-refractivity contribution is 0.434. The smallest absolute Gasteiger partial charge is 0.247 e. The number of nitrogens with one attached hydrogen (secondary N) is 1. The molecule has 0 aliphatic carbocycles. The molecule has 0 radical (unpaired) electrons. The highest BCUT2D eigenvalue weighted by atomic mass is 32.3. The molecule has 2 rings (SSSR count). The summed E-state index contributed by atoms with van der Waals surface area (Å²) in [6, 6.07) is 1.24. The van der Waals surface area contributed by atoms with Gasteiger partial charge in [-0.05, 0) is 31.9 Å². The van der Waals surface area contributed by atoms with Crippen LogP contribution in [0.25, 0.3) is 0 Å². The molecule has 0 bridgehead atoms. The maximum atomic E-state index is 12.4. The molecule has 3 N–H and O–H groups in total. The second kappa shape index (κ2) is 5.62. The molecule has 0 amide bonds. The van der Waals surface area contributed by atoms with Crippen LogP contribution in [-0.4, -0.2) is 28.6 Å². The van der Waals surface area contributed by atoms with Gasteiger partial charge in [0.15, 0.2) is 9.84 Å². The molecule has 2 unspecified atom stereocenters. The Bertz CT molecular complexity index is 735. The highest BCUT2D eigenvalue weighted by Gasteiger charge is 2.39. The molecule has 1 aromatic rings. The number of hydrogen-bond acceptors (Lipinski definition) is 6. The summed E-state index contributed by atoms with van der Waals surface area (Å²) in [5.74, 6) is 0.415. The number of nitrogens with two attached hydrogens (primary N) is 1. The van der Waals surface area contributed by atoms with Crippen LogP contribution in [-0.2, 0) is 19.9 Å². The van der Waals surface area contributed by atoms with E-state index in [1.807, 2.05) is 0 Å². The summed E-state index contributed by atoms with van der Waals surface area (Å²) in [6.45, 7) is 6.50. The SMILES string of the molecule is CC(C)CNC1CC(C)S(=O)(=O)c2sc(S(N)(=O)=O)cc21. The van der Waals surface area contributed by atoms with E-state index in [1.165, 1.54) is 6.07 Å². The third-order valence-electron chi connectivity index (χ3n) is 3.49. The van der Waals surface area contributed by atoms with Crippen LogP contribution in [0.2, 0.25) is 0 Å². The fourth-order valence-electron chi connectivity index (χ4n) is 2.31. The maximum absolute atomic E-state index is 12.4. The molecule has 0 saturated heterocycles. The fraction of sp³-hybridized carbons (Fsp3) is 0.667. The van der Waals surface area contributed by atoms with Gasteiger partial charge in [-0.3, -0.25) is 0 Å². The highest BCUT2D eigenvalue weighted by Crippen LogP contribution is 2.42. The lowest BCUT2D eigenvalue weighted by atomic mass is 10.0. The van der Waals surface area contributed by atoms with Gasteiger partial charge >= 0.3 is 0 Å². The van der Waals surface area contributed by atoms with E-state index in [9.17, 15) is 16.8 Å². The Balaban J connectivity index is 2.51. The van der Waals surface area contributed by atoms with Crippen molar-refractivity contribution in [2.24, 2.45) is 11.1 Å². The fourth-order valence-corrected chi connectivity index (χ4v) is 6.73. The van der Waals surface area contributed by atoms with E-state index in [1.54, 1.807) is 6.92 Å². The molecule has 1 aromatic heterocycles. The minimum Gasteiger partial charge on any atom is -0.310 e. The summed E-state index contributed by atoms with van der Waals surface area (Å²) >= 11 is 0.750. The second-order valence-corrected chi connectivity index (χ2v) is 11.2. The van der Waals surface area contributed by atoms with E-state index in [0.717, 1.165) is 17.9 Å². The average Bonchev–Trinajstić information content (AvgIpc) is 2.78. The zero-order valence-corrected chi connectivity index (χ0v) is 14.6. The van der Waals surface area contributed by atoms with Crippen LogP contribution in [0.5, 0.6) is 0 Å². The third kappa shape index (κ3) is 3.31. The minimum absolute atomic E-state index is 0.0958. The highest BCUT2D eigenvalue weighted by molar-refractivity contribution is 7.95. The Morgan fingerprint density at radius 1 is 1.48 bits per heavy atom. The summed E-state index contributed by atoms with van der Waals surface area (Å²) in [5.41, 5.74) is 0.530. The first-order chi connectivity index (χ1) is 9.53. The predicted molar refractivity (Wildman–Crippen MR) is 82.5 cm³/mol. The quantitative estimate of drug-likeness (QED) is 0.848. The molecule has 1 aliphatic rings. The number of hydrogen-bond donors (Lipinski definition) is 2. The first-order valence-corrected chi connectivity index (χ1v) is 10.6. The van der Waals surface area contributed by atoms with Gasteiger partial charge < -0.3 is 5.32 Å². The number of sulfone groups is 1. The Morgan fingerprint density at radius 2 is 2.10 bits per heavy atom. The summed E-state index contributed by atoms with van der Waals surface area (Å²) in [7, 11) is -7.37. The van der Waals surface area contributed by atoms with E-state index in [0.29, 0.717) is 17.9 Å². The Labute approximate surface area is 129 Å². The molecule has 2 atom stereocenters. The summed E-state index contributed by atoms with van der Waals surface area (Å²) in [6.07, 6.45) is 0.433. The van der Waals surface area contributed by atoms with E-state index in [2.05, 4.69) is 19.2 Å². The molecule has 0 fully saturated rings. The van der Waals surface area contributed by atoms with Crippen LogP contribution < -0.4 is 10.5 Å². The van der Waals surface area contributed by atoms with E-state index in [-0.39, 0.29) is 14.5 Å². The third-order valence-corrected chi connectivity index (χ3v) is 8.80. The Hall–Kier alpha value is -0.480. The first kappa shape index (κ1) is 16.9. The second-order valence-electron chi connectivity index (χ2n) is 5.80. The molecule has 0 aromatic carbocycles. The molecule has 6 nitrogen and oxygen atoms in total. The molecule has 0 spiro atoms. The molecule has 2 heterocycles. The number of primary sulfonamides is 1. The van der Waals surface area contributed by atoms with E-state index in [4.69, 9.17) is 5.14 Å². The zero-order chi connectivity index (χ0) is 16.0. The minimum atomic E-state index is -3.89. The number of sulfonamides is 1. The summed E-state index contributed by atoms with van der Waals surface area (Å²) in [4.78, 5) is 0. The van der Waals surface area contributed by atoms with Gasteiger partial charge in [0.2, 0.25) is 10.0 Å². The van der Waals surface area contributed by atoms with Gasteiger partial charge in [0.25, 0.3) is 0 Å². The van der Waals surface area contributed by atoms with Crippen LogP contribution in [0.1, 0.15) is 38.8 Å². The van der Waals surface area contributed by atoms with Crippen LogP contribution in [0.4, 0.5) is 0 Å². The Morgan fingerprint density at radius 3 is 2.62 bits per heavy atom. The van der Waals surface area contributed by atoms with Crippen molar-refractivity contribution < 1.29 is 16.8 Å². The molecule has 9 heteroatoms. The Kier molecular flexibility index (Phi) is 4.52. The lowest BCUT2D eigenvalue weighted by Crippen LogP contribution is -2.34. The maximum Gasteiger partial charge on any atom is 0.247 e. The normalized spacial score (nSPS) is 25.0. The number of rotatable bonds is 4. The first-order valence-electron chi connectivity index (χ1n) is 6.67. The number of thiophene rings is 1. The summed E-state index contributed by atoms with van der Waals surface area (Å²) in [5, 5.41) is 7.90. The van der Waals surface area contributed by atoms with Crippen LogP contribution in [0, 0.1) is 5.92 Å². The van der Waals surface area contributed by atoms with Gasteiger partial charge in [-0.2, -0.15) is 0 Å². The van der Waals surface area contributed by atoms with Crippen molar-refractivity contribution >= 4 is 31.2 Å². The lowest BCUT2D eigenvalue weighted by Gasteiger charge is -2.28. The van der Waals surface area contributed by atoms with Gasteiger partial charge in [0, 0.05) is 11.6 Å². The van der Waals surface area contributed by atoms with Crippen LogP contribution >= 0.6 is 11.3 Å². The van der Waals surface area contributed by atoms with Gasteiger partial charge in [-0.1, -0.05) is 13.8 Å². The topological polar surface area (TPSA) is 106 Å². The van der Waals surface area contributed by atoms with Crippen molar-refractivity contribution in [2.75, 3.05) is 6.54 Å². The number of fused-ring (bicyclic) bond motifs is 1. The van der Waals surface area contributed by atoms with Crippen molar-refractivity contribution in [3.8, 4) is 0 Å². The average molecular weight is 353 g/mol. The van der Waals surface area contributed by atoms with Crippen molar-refractivity contribution in [3.05, 3.63) is 11.6 Å². The molecular formula is C12H20N2O4S3. The van der Waals surface area contributed by atoms with Crippen molar-refractivity contribution in [3.63, 3.8) is 0 Å². The molecular weight excluding hydrogens is 332 g/mol. The van der Waals surface area contributed by atoms with Crippen molar-refractivity contribution in [1.29, 1.82) is 0 Å². The zero-order valence-electron chi connectivity index (χ0n) is 12.2. The van der Waals surface area contributed by atoms with Crippen LogP contribution in [0.15, 0.2) is 14.5 Å². The van der Waals surface area contributed by atoms with Gasteiger partial charge in [-0.15, -0.1) is 11.3 Å². The van der Waals surface area contributed by atoms with Gasteiger partial charge in [-0.25, -0.2) is 22.0 Å².